The summed E-state index contributed by atoms with van der Waals surface area (Å²) in [6, 6.07) is 40.0. The summed E-state index contributed by atoms with van der Waals surface area (Å²) in [5, 5.41) is 11.6. The third kappa shape index (κ3) is 8.02. The number of aliphatic hydroxyl groups is 1. The minimum Gasteiger partial charge on any atom is -0.387 e. The van der Waals surface area contributed by atoms with Crippen LogP contribution in [0.3, 0.4) is 0 Å². The van der Waals surface area contributed by atoms with E-state index in [-0.39, 0.29) is 0 Å². The summed E-state index contributed by atoms with van der Waals surface area (Å²) in [6.45, 7) is 1.49. The maximum atomic E-state index is 11.6. The van der Waals surface area contributed by atoms with Crippen molar-refractivity contribution in [2.45, 2.75) is 54.6 Å². The number of aliphatic hydroxyl groups excluding tert-OH is 1. The third-order valence-corrected chi connectivity index (χ3v) is 7.74. The van der Waals surface area contributed by atoms with E-state index in [4.69, 9.17) is 18.9 Å². The van der Waals surface area contributed by atoms with Gasteiger partial charge >= 0.3 is 0 Å². The zero-order valence-electron chi connectivity index (χ0n) is 21.8. The number of rotatable bonds is 12. The van der Waals surface area contributed by atoms with E-state index in [0.29, 0.717) is 26.4 Å². The van der Waals surface area contributed by atoms with Crippen molar-refractivity contribution in [3.8, 4) is 0 Å². The third-order valence-electron chi connectivity index (χ3n) is 6.57. The van der Waals surface area contributed by atoms with E-state index in [1.807, 2.05) is 121 Å². The normalized spacial score (nSPS) is 22.9. The molecule has 5 atom stereocenters. The van der Waals surface area contributed by atoms with Gasteiger partial charge in [-0.2, -0.15) is 0 Å². The van der Waals surface area contributed by atoms with Crippen molar-refractivity contribution in [1.29, 1.82) is 0 Å². The second-order valence-electron chi connectivity index (χ2n) is 9.49. The minimum atomic E-state index is -0.912. The Bertz CT molecular complexity index is 1230. The van der Waals surface area contributed by atoms with Crippen LogP contribution in [-0.2, 0) is 38.8 Å². The maximum absolute atomic E-state index is 11.6. The van der Waals surface area contributed by atoms with Crippen LogP contribution in [0.15, 0.2) is 126 Å². The molecule has 0 aliphatic carbocycles. The first-order chi connectivity index (χ1) is 19.3. The SMILES string of the molecule is O[C@@H]1[C@@H](OCc2ccccc2)[C@@H](OCc2ccccc2)[C@@H](COCc2ccccc2)O[C@H]1Sc1ccccc1. The van der Waals surface area contributed by atoms with Gasteiger partial charge in [0.05, 0.1) is 26.4 Å². The van der Waals surface area contributed by atoms with Gasteiger partial charge in [0.25, 0.3) is 0 Å². The lowest BCUT2D eigenvalue weighted by Crippen LogP contribution is -2.59. The lowest BCUT2D eigenvalue weighted by molar-refractivity contribution is -0.243. The van der Waals surface area contributed by atoms with E-state index in [2.05, 4.69) is 0 Å². The van der Waals surface area contributed by atoms with E-state index in [0.717, 1.165) is 21.6 Å². The molecule has 6 heteroatoms. The van der Waals surface area contributed by atoms with Crippen molar-refractivity contribution in [3.05, 3.63) is 138 Å². The van der Waals surface area contributed by atoms with Gasteiger partial charge in [-0.25, -0.2) is 0 Å². The first kappa shape index (κ1) is 27.6. The molecule has 0 radical (unpaired) electrons. The molecule has 1 fully saturated rings. The highest BCUT2D eigenvalue weighted by molar-refractivity contribution is 7.99. The number of thioether (sulfide) groups is 1. The Hall–Kier alpha value is -2.97. The van der Waals surface area contributed by atoms with Crippen LogP contribution in [0.5, 0.6) is 0 Å². The molecule has 0 unspecified atom stereocenters. The van der Waals surface area contributed by atoms with Crippen LogP contribution >= 0.6 is 11.8 Å². The molecule has 1 N–H and O–H groups in total. The highest BCUT2D eigenvalue weighted by Crippen LogP contribution is 2.36. The van der Waals surface area contributed by atoms with Crippen molar-refractivity contribution < 1.29 is 24.1 Å². The zero-order valence-corrected chi connectivity index (χ0v) is 22.6. The Kier molecular flexibility index (Phi) is 10.2. The summed E-state index contributed by atoms with van der Waals surface area (Å²) in [6.07, 6.45) is -2.51. The largest absolute Gasteiger partial charge is 0.387 e. The van der Waals surface area contributed by atoms with Gasteiger partial charge in [-0.1, -0.05) is 121 Å². The first-order valence-electron chi connectivity index (χ1n) is 13.2. The van der Waals surface area contributed by atoms with Crippen LogP contribution in [0.1, 0.15) is 16.7 Å². The summed E-state index contributed by atoms with van der Waals surface area (Å²) in [5.41, 5.74) is 2.61. The molecule has 39 heavy (non-hydrogen) atoms. The second kappa shape index (κ2) is 14.4. The number of ether oxygens (including phenoxy) is 4. The molecule has 1 heterocycles. The Balaban J connectivity index is 1.37. The Morgan fingerprint density at radius 1 is 0.590 bits per heavy atom. The molecule has 0 saturated carbocycles. The summed E-state index contributed by atoms with van der Waals surface area (Å²) in [7, 11) is 0. The van der Waals surface area contributed by atoms with Crippen LogP contribution in [0.25, 0.3) is 0 Å². The first-order valence-corrected chi connectivity index (χ1v) is 14.1. The van der Waals surface area contributed by atoms with Gasteiger partial charge < -0.3 is 24.1 Å². The molecule has 4 aromatic rings. The summed E-state index contributed by atoms with van der Waals surface area (Å²) >= 11 is 1.48. The molecule has 0 spiro atoms. The monoisotopic (exact) mass is 542 g/mol. The number of hydrogen-bond donors (Lipinski definition) is 1. The van der Waals surface area contributed by atoms with E-state index < -0.39 is 29.9 Å². The molecular formula is C33H34O5S. The standard InChI is InChI=1S/C33H34O5S/c34-30-32(37-23-27-17-9-3-10-18-27)31(36-22-26-15-7-2-8-16-26)29(24-35-21-25-13-5-1-6-14-25)38-33(30)39-28-19-11-4-12-20-28/h1-20,29-34H,21-24H2/t29-,30-,31+,32-,33+/m1/s1. The van der Waals surface area contributed by atoms with Crippen molar-refractivity contribution >= 4 is 11.8 Å². The fourth-order valence-electron chi connectivity index (χ4n) is 4.55. The molecule has 202 valence electrons. The predicted molar refractivity (Wildman–Crippen MR) is 153 cm³/mol. The average molecular weight is 543 g/mol. The molecule has 5 nitrogen and oxygen atoms in total. The summed E-state index contributed by atoms with van der Waals surface area (Å²) < 4.78 is 25.5. The highest BCUT2D eigenvalue weighted by Gasteiger charge is 2.47. The lowest BCUT2D eigenvalue weighted by atomic mass is 9.99. The van der Waals surface area contributed by atoms with Crippen LogP contribution in [-0.4, -0.2) is 41.6 Å². The average Bonchev–Trinajstić information content (AvgIpc) is 2.99. The van der Waals surface area contributed by atoms with Gasteiger partial charge in [-0.15, -0.1) is 0 Å². The maximum Gasteiger partial charge on any atom is 0.136 e. The molecule has 0 amide bonds. The zero-order chi connectivity index (χ0) is 26.7. The molecule has 1 aliphatic rings. The topological polar surface area (TPSA) is 57.2 Å². The predicted octanol–water partition coefficient (Wildman–Crippen LogP) is 6.25. The summed E-state index contributed by atoms with van der Waals surface area (Å²) in [5.74, 6) is 0. The molecule has 5 rings (SSSR count). The quantitative estimate of drug-likeness (QED) is 0.228. The molecule has 1 aliphatic heterocycles. The van der Waals surface area contributed by atoms with Gasteiger partial charge in [0, 0.05) is 4.90 Å². The molecule has 0 aromatic heterocycles. The van der Waals surface area contributed by atoms with Crippen LogP contribution < -0.4 is 0 Å². The lowest BCUT2D eigenvalue weighted by Gasteiger charge is -2.44. The summed E-state index contributed by atoms with van der Waals surface area (Å²) in [4.78, 5) is 1.01. The molecule has 4 aromatic carbocycles. The van der Waals surface area contributed by atoms with Crippen LogP contribution in [0.2, 0.25) is 0 Å². The van der Waals surface area contributed by atoms with E-state index in [1.165, 1.54) is 11.8 Å². The van der Waals surface area contributed by atoms with Gasteiger partial charge in [-0.3, -0.25) is 0 Å². The Labute approximate surface area is 234 Å². The molecular weight excluding hydrogens is 508 g/mol. The van der Waals surface area contributed by atoms with Gasteiger partial charge in [-0.05, 0) is 28.8 Å². The van der Waals surface area contributed by atoms with Crippen molar-refractivity contribution in [2.75, 3.05) is 6.61 Å². The Morgan fingerprint density at radius 3 is 1.59 bits per heavy atom. The van der Waals surface area contributed by atoms with Crippen molar-refractivity contribution in [3.63, 3.8) is 0 Å². The van der Waals surface area contributed by atoms with Gasteiger partial charge in [0.15, 0.2) is 0 Å². The van der Waals surface area contributed by atoms with Crippen LogP contribution in [0, 0.1) is 0 Å². The van der Waals surface area contributed by atoms with Crippen molar-refractivity contribution in [2.24, 2.45) is 0 Å². The minimum absolute atomic E-state index is 0.304. The number of hydrogen-bond acceptors (Lipinski definition) is 6. The smallest absolute Gasteiger partial charge is 0.136 e. The van der Waals surface area contributed by atoms with Gasteiger partial charge in [0.1, 0.15) is 29.9 Å². The fourth-order valence-corrected chi connectivity index (χ4v) is 5.63. The van der Waals surface area contributed by atoms with E-state index in [9.17, 15) is 5.11 Å². The molecule has 1 saturated heterocycles. The Morgan fingerprint density at radius 2 is 1.05 bits per heavy atom. The highest BCUT2D eigenvalue weighted by atomic mass is 32.2. The number of benzene rings is 4. The van der Waals surface area contributed by atoms with Crippen molar-refractivity contribution in [1.82, 2.24) is 0 Å². The van der Waals surface area contributed by atoms with E-state index in [1.54, 1.807) is 0 Å². The van der Waals surface area contributed by atoms with Crippen LogP contribution in [0.4, 0.5) is 0 Å². The molecule has 0 bridgehead atoms. The fraction of sp³-hybridized carbons (Fsp3) is 0.273. The van der Waals surface area contributed by atoms with Gasteiger partial charge in [0.2, 0.25) is 0 Å². The van der Waals surface area contributed by atoms with E-state index >= 15 is 0 Å². The second-order valence-corrected chi connectivity index (χ2v) is 10.7.